The van der Waals surface area contributed by atoms with E-state index < -0.39 is 25.0 Å². The van der Waals surface area contributed by atoms with Crippen molar-refractivity contribution in [3.05, 3.63) is 175 Å². The molecule has 76 heavy (non-hydrogen) atoms. The van der Waals surface area contributed by atoms with E-state index >= 15 is 0 Å². The van der Waals surface area contributed by atoms with Gasteiger partial charge in [-0.1, -0.05) is 59.8 Å². The van der Waals surface area contributed by atoms with Gasteiger partial charge >= 0.3 is 15.2 Å². The van der Waals surface area contributed by atoms with Crippen molar-refractivity contribution in [3.8, 4) is 0 Å². The van der Waals surface area contributed by atoms with Crippen molar-refractivity contribution in [1.29, 1.82) is 0 Å². The predicted octanol–water partition coefficient (Wildman–Crippen LogP) is 13.8. The summed E-state index contributed by atoms with van der Waals surface area (Å²) in [6, 6.07) is 35.7. The summed E-state index contributed by atoms with van der Waals surface area (Å²) in [6.45, 7) is 15.1. The van der Waals surface area contributed by atoms with E-state index in [1.165, 1.54) is 12.1 Å². The Kier molecular flexibility index (Phi) is 20.5. The standard InChI is InChI=1S/C27H30N3O6P.C27H29N2O6P.C2H6O/c1-4-35-37(34,36-5-2)16-8-15-29-25-13-11-20(27(28-31)22-10-7-6-9-19(22)3)17-23(25)24-18-21(30(32)33)12-14-26(24)29;1-4-34-36(33,35-5-2)16-8-15-28-25-13-11-20(27(30)22-10-7-6-9-19(22)3)17-23(25)24-18-21(29(31)32)12-14-26(24)28;1-2-3/h6-7,9-14,17-18,31H,4-5,8,15-16H2,1-3H3;6-7,9-14,17-18H,4-5,8,15-16H2,1-3H3;3H,2H2,1H3. The van der Waals surface area contributed by atoms with Crippen molar-refractivity contribution in [3.63, 3.8) is 0 Å². The number of fused-ring (bicyclic) bond motifs is 6. The highest BCUT2D eigenvalue weighted by Crippen LogP contribution is 2.50. The molecule has 0 amide bonds. The van der Waals surface area contributed by atoms with E-state index in [2.05, 4.69) is 9.72 Å². The van der Waals surface area contributed by atoms with Crippen molar-refractivity contribution in [2.45, 2.75) is 74.4 Å². The van der Waals surface area contributed by atoms with Crippen molar-refractivity contribution in [1.82, 2.24) is 9.13 Å². The lowest BCUT2D eigenvalue weighted by Gasteiger charge is -2.17. The summed E-state index contributed by atoms with van der Waals surface area (Å²) >= 11 is 0. The van der Waals surface area contributed by atoms with Gasteiger partial charge in [0.2, 0.25) is 0 Å². The molecule has 6 aromatic carbocycles. The van der Waals surface area contributed by atoms with E-state index in [1.54, 1.807) is 77.1 Å². The summed E-state index contributed by atoms with van der Waals surface area (Å²) in [5.74, 6) is -0.101. The minimum atomic E-state index is -3.19. The maximum atomic E-state index is 13.3. The molecule has 0 unspecified atom stereocenters. The second-order valence-electron chi connectivity index (χ2n) is 17.5. The second kappa shape index (κ2) is 26.7. The number of nitro groups is 2. The fourth-order valence-corrected chi connectivity index (χ4v) is 12.5. The summed E-state index contributed by atoms with van der Waals surface area (Å²) in [5, 5.41) is 47.0. The van der Waals surface area contributed by atoms with Crippen LogP contribution in [-0.4, -0.2) is 86.1 Å². The molecular formula is C56H65N5O13P2. The third-order valence-corrected chi connectivity index (χ3v) is 16.8. The molecule has 0 radical (unpaired) electrons. The summed E-state index contributed by atoms with van der Waals surface area (Å²) < 4.78 is 51.6. The Labute approximate surface area is 441 Å². The SMILES string of the molecule is CCO.CCOP(=O)(CCCn1c2ccc(C(=NO)c3ccccc3C)cc2c2cc([N+](=O)[O-])ccc21)OCC.CCOP(=O)(CCCn1c2ccc(C(=O)c3ccccc3C)cc2c2cc([N+](=O)[O-])ccc21)OCC. The Balaban J connectivity index is 0.000000235. The van der Waals surface area contributed by atoms with Crippen LogP contribution in [0.15, 0.2) is 126 Å². The second-order valence-corrected chi connectivity index (χ2v) is 21.8. The molecule has 0 saturated heterocycles. The zero-order chi connectivity index (χ0) is 55.2. The largest absolute Gasteiger partial charge is 0.410 e. The summed E-state index contributed by atoms with van der Waals surface area (Å²) in [7, 11) is -6.38. The Morgan fingerprint density at radius 3 is 1.29 bits per heavy atom. The highest BCUT2D eigenvalue weighted by atomic mass is 31.2. The molecule has 0 aliphatic carbocycles. The van der Waals surface area contributed by atoms with Crippen LogP contribution in [0.3, 0.4) is 0 Å². The maximum Gasteiger partial charge on any atom is 0.330 e. The molecule has 0 bridgehead atoms. The van der Waals surface area contributed by atoms with Gasteiger partial charge in [-0.15, -0.1) is 0 Å². The molecule has 402 valence electrons. The van der Waals surface area contributed by atoms with Crippen molar-refractivity contribution in [2.24, 2.45) is 5.16 Å². The average Bonchev–Trinajstić information content (AvgIpc) is 3.91. The van der Waals surface area contributed by atoms with Gasteiger partial charge in [-0.05, 0) is 115 Å². The van der Waals surface area contributed by atoms with Gasteiger partial charge in [-0.3, -0.25) is 34.2 Å². The van der Waals surface area contributed by atoms with Crippen molar-refractivity contribution in [2.75, 3.05) is 45.4 Å². The Bertz CT molecular complexity index is 3480. The number of non-ortho nitro benzene ring substituents is 2. The average molecular weight is 1080 g/mol. The lowest BCUT2D eigenvalue weighted by atomic mass is 9.97. The number of carbonyl (C=O) groups is 1. The first-order valence-electron chi connectivity index (χ1n) is 25.2. The fourth-order valence-electron chi connectivity index (χ4n) is 9.23. The number of nitro benzene ring substituents is 2. The van der Waals surface area contributed by atoms with Gasteiger partial charge in [-0.25, -0.2) is 0 Å². The van der Waals surface area contributed by atoms with Crippen LogP contribution in [0, 0.1) is 34.1 Å². The van der Waals surface area contributed by atoms with Crippen molar-refractivity contribution >= 4 is 81.7 Å². The van der Waals surface area contributed by atoms with Gasteiger partial charge in [0.25, 0.3) is 11.4 Å². The van der Waals surface area contributed by atoms with E-state index in [4.69, 9.17) is 23.2 Å². The predicted molar refractivity (Wildman–Crippen MR) is 299 cm³/mol. The molecule has 0 saturated carbocycles. The monoisotopic (exact) mass is 1080 g/mol. The fraction of sp³-hybridized carbons (Fsp3) is 0.321. The number of aliphatic hydroxyl groups is 1. The quantitative estimate of drug-likeness (QED) is 0.0161. The van der Waals surface area contributed by atoms with Crippen LogP contribution in [0.1, 0.15) is 85.6 Å². The molecule has 2 aromatic heterocycles. The number of hydrogen-bond donors (Lipinski definition) is 2. The molecule has 0 aliphatic rings. The molecule has 2 heterocycles. The number of rotatable bonds is 22. The minimum absolute atomic E-state index is 0.0101. The molecule has 0 aliphatic heterocycles. The zero-order valence-electron chi connectivity index (χ0n) is 43.8. The molecule has 0 atom stereocenters. The summed E-state index contributed by atoms with van der Waals surface area (Å²) in [5.41, 5.74) is 8.17. The van der Waals surface area contributed by atoms with Crippen LogP contribution >= 0.6 is 15.2 Å². The Morgan fingerprint density at radius 2 is 0.908 bits per heavy atom. The van der Waals surface area contributed by atoms with Crippen LogP contribution in [0.25, 0.3) is 43.6 Å². The first-order valence-corrected chi connectivity index (χ1v) is 28.6. The highest BCUT2D eigenvalue weighted by Gasteiger charge is 2.26. The topological polar surface area (TPSA) is 237 Å². The van der Waals surface area contributed by atoms with Gasteiger partial charge in [0.1, 0.15) is 5.71 Å². The van der Waals surface area contributed by atoms with Crippen LogP contribution in [0.2, 0.25) is 0 Å². The smallest absolute Gasteiger partial charge is 0.330 e. The number of carbonyl (C=O) groups excluding carboxylic acids is 1. The van der Waals surface area contributed by atoms with Crippen molar-refractivity contribution < 1.29 is 52.2 Å². The lowest BCUT2D eigenvalue weighted by molar-refractivity contribution is -0.384. The highest BCUT2D eigenvalue weighted by molar-refractivity contribution is 7.54. The molecule has 8 rings (SSSR count). The third-order valence-electron chi connectivity index (χ3n) is 12.5. The maximum absolute atomic E-state index is 13.3. The summed E-state index contributed by atoms with van der Waals surface area (Å²) in [6.07, 6.45) is 1.57. The molecule has 8 aromatic rings. The van der Waals surface area contributed by atoms with Gasteiger partial charge in [0.05, 0.1) is 48.6 Å². The molecule has 2 N–H and O–H groups in total. The number of aromatic nitrogens is 2. The number of ketones is 1. The van der Waals surface area contributed by atoms with Crippen LogP contribution in [0.4, 0.5) is 11.4 Å². The lowest BCUT2D eigenvalue weighted by Crippen LogP contribution is -2.06. The number of nitrogens with zero attached hydrogens (tertiary/aromatic N) is 5. The first kappa shape index (κ1) is 58.4. The molecular weight excluding hydrogens is 1010 g/mol. The molecule has 0 fully saturated rings. The van der Waals surface area contributed by atoms with E-state index in [0.717, 1.165) is 49.5 Å². The van der Waals surface area contributed by atoms with Gasteiger partial charge in [0.15, 0.2) is 5.78 Å². The number of hydrogen-bond acceptors (Lipinski definition) is 14. The van der Waals surface area contributed by atoms with Crippen LogP contribution in [0.5, 0.6) is 0 Å². The zero-order valence-corrected chi connectivity index (χ0v) is 45.6. The number of oxime groups is 1. The van der Waals surface area contributed by atoms with Crippen LogP contribution < -0.4 is 0 Å². The van der Waals surface area contributed by atoms with E-state index in [0.29, 0.717) is 85.5 Å². The normalized spacial score (nSPS) is 11.9. The number of benzene rings is 6. The molecule has 20 heteroatoms. The molecule has 18 nitrogen and oxygen atoms in total. The Morgan fingerprint density at radius 1 is 0.553 bits per heavy atom. The Hall–Kier alpha value is -6.88. The third kappa shape index (κ3) is 13.6. The van der Waals surface area contributed by atoms with Gasteiger partial charge in [-0.2, -0.15) is 0 Å². The first-order chi connectivity index (χ1) is 36.5. The molecule has 0 spiro atoms. The van der Waals surface area contributed by atoms with E-state index in [9.17, 15) is 39.4 Å². The minimum Gasteiger partial charge on any atom is -0.410 e. The van der Waals surface area contributed by atoms with Crippen LogP contribution in [-0.2, 0) is 40.3 Å². The number of aryl methyl sites for hydroxylation is 4. The van der Waals surface area contributed by atoms with E-state index in [-0.39, 0.29) is 36.1 Å². The van der Waals surface area contributed by atoms with Gasteiger partial charge < -0.3 is 37.5 Å². The van der Waals surface area contributed by atoms with Gasteiger partial charge in [0, 0.05) is 110 Å². The summed E-state index contributed by atoms with van der Waals surface area (Å²) in [4.78, 5) is 35.4. The number of aliphatic hydroxyl groups excluding tert-OH is 1. The van der Waals surface area contributed by atoms with E-state index in [1.807, 2.05) is 85.1 Å².